The lowest BCUT2D eigenvalue weighted by atomic mass is 10.2. The molecule has 0 spiro atoms. The molecule has 3 aromatic rings. The number of nitrogens with zero attached hydrogens (tertiary/aromatic N) is 1. The van der Waals surface area contributed by atoms with E-state index in [0.717, 1.165) is 11.3 Å². The van der Waals surface area contributed by atoms with Gasteiger partial charge < -0.3 is 14.2 Å². The highest BCUT2D eigenvalue weighted by molar-refractivity contribution is 5.91. The second-order valence-electron chi connectivity index (χ2n) is 4.59. The Hall–Kier alpha value is -3.08. The van der Waals surface area contributed by atoms with E-state index in [2.05, 4.69) is 10.3 Å². The van der Waals surface area contributed by atoms with Gasteiger partial charge in [-0.1, -0.05) is 0 Å². The van der Waals surface area contributed by atoms with Crippen molar-refractivity contribution in [2.24, 2.45) is 0 Å². The van der Waals surface area contributed by atoms with Crippen molar-refractivity contribution in [1.82, 2.24) is 10.3 Å². The summed E-state index contributed by atoms with van der Waals surface area (Å²) in [6.45, 7) is 0.414. The number of rotatable bonds is 5. The van der Waals surface area contributed by atoms with Crippen LogP contribution in [0.5, 0.6) is 0 Å². The zero-order valence-electron chi connectivity index (χ0n) is 11.7. The molecule has 3 rings (SSSR count). The number of carbonyl (C=O) groups is 1. The molecule has 110 valence electrons. The van der Waals surface area contributed by atoms with E-state index in [1.54, 1.807) is 36.9 Å². The molecule has 0 saturated heterocycles. The van der Waals surface area contributed by atoms with Crippen LogP contribution >= 0.6 is 0 Å². The van der Waals surface area contributed by atoms with Gasteiger partial charge in [0, 0.05) is 18.8 Å². The van der Waals surface area contributed by atoms with E-state index in [0.29, 0.717) is 18.1 Å². The first-order valence-corrected chi connectivity index (χ1v) is 6.79. The van der Waals surface area contributed by atoms with Gasteiger partial charge in [0.1, 0.15) is 11.5 Å². The molecule has 1 amide bonds. The number of amides is 1. The van der Waals surface area contributed by atoms with Gasteiger partial charge in [-0.15, -0.1) is 0 Å². The predicted molar refractivity (Wildman–Crippen MR) is 81.5 cm³/mol. The summed E-state index contributed by atoms with van der Waals surface area (Å²) in [7, 11) is 0. The summed E-state index contributed by atoms with van der Waals surface area (Å²) in [5.41, 5.74) is 1.68. The Labute approximate surface area is 127 Å². The first-order valence-electron chi connectivity index (χ1n) is 6.79. The van der Waals surface area contributed by atoms with Gasteiger partial charge in [0.05, 0.1) is 12.5 Å². The van der Waals surface area contributed by atoms with E-state index >= 15 is 0 Å². The molecule has 0 saturated carbocycles. The first kappa shape index (κ1) is 13.9. The number of aromatic nitrogens is 1. The average Bonchev–Trinajstić information content (AvgIpc) is 3.24. The molecule has 0 fully saturated rings. The first-order chi connectivity index (χ1) is 10.8. The van der Waals surface area contributed by atoms with Gasteiger partial charge >= 0.3 is 0 Å². The van der Waals surface area contributed by atoms with Gasteiger partial charge in [-0.3, -0.25) is 9.78 Å². The lowest BCUT2D eigenvalue weighted by Gasteiger charge is -2.04. The maximum Gasteiger partial charge on any atom is 0.244 e. The quantitative estimate of drug-likeness (QED) is 0.733. The molecule has 3 heterocycles. The fourth-order valence-electron chi connectivity index (χ4n) is 1.94. The van der Waals surface area contributed by atoms with Crippen molar-refractivity contribution < 1.29 is 13.6 Å². The Morgan fingerprint density at radius 3 is 2.82 bits per heavy atom. The summed E-state index contributed by atoms with van der Waals surface area (Å²) < 4.78 is 10.4. The molecule has 0 unspecified atom stereocenters. The van der Waals surface area contributed by atoms with Crippen LogP contribution in [0.1, 0.15) is 11.3 Å². The molecule has 1 N–H and O–H groups in total. The Balaban J connectivity index is 1.59. The zero-order valence-corrected chi connectivity index (χ0v) is 11.7. The van der Waals surface area contributed by atoms with Crippen molar-refractivity contribution >= 4 is 12.0 Å². The number of hydrogen-bond acceptors (Lipinski definition) is 4. The van der Waals surface area contributed by atoms with Crippen LogP contribution in [0.2, 0.25) is 0 Å². The van der Waals surface area contributed by atoms with Gasteiger partial charge in [0.25, 0.3) is 0 Å². The Morgan fingerprint density at radius 1 is 1.18 bits per heavy atom. The molecular weight excluding hydrogens is 280 g/mol. The van der Waals surface area contributed by atoms with Crippen molar-refractivity contribution in [2.45, 2.75) is 6.54 Å². The maximum atomic E-state index is 11.8. The van der Waals surface area contributed by atoms with Crippen molar-refractivity contribution in [3.05, 3.63) is 72.5 Å². The molecule has 0 aliphatic heterocycles. The molecule has 0 atom stereocenters. The summed E-state index contributed by atoms with van der Waals surface area (Å²) in [5, 5.41) is 2.81. The second kappa shape index (κ2) is 6.58. The minimum Gasteiger partial charge on any atom is -0.465 e. The van der Waals surface area contributed by atoms with E-state index in [-0.39, 0.29) is 5.91 Å². The molecule has 0 aliphatic carbocycles. The van der Waals surface area contributed by atoms with E-state index in [1.165, 1.54) is 6.08 Å². The lowest BCUT2D eigenvalue weighted by Crippen LogP contribution is -2.20. The number of hydrogen-bond donors (Lipinski definition) is 1. The topological polar surface area (TPSA) is 68.3 Å². The molecule has 0 bridgehead atoms. The highest BCUT2D eigenvalue weighted by Crippen LogP contribution is 2.17. The maximum absolute atomic E-state index is 11.8. The van der Waals surface area contributed by atoms with Gasteiger partial charge in [0.2, 0.25) is 5.91 Å². The fraction of sp³-hybridized carbons (Fsp3) is 0.0588. The predicted octanol–water partition coefficient (Wildman–Crippen LogP) is 3.26. The molecule has 0 aromatic carbocycles. The fourth-order valence-corrected chi connectivity index (χ4v) is 1.94. The minimum atomic E-state index is -0.187. The number of furan rings is 2. The van der Waals surface area contributed by atoms with Crippen molar-refractivity contribution in [3.8, 4) is 11.5 Å². The second-order valence-corrected chi connectivity index (χ2v) is 4.59. The summed E-state index contributed by atoms with van der Waals surface area (Å²) in [6, 6.07) is 10.9. The number of nitrogens with one attached hydrogen (secondary N) is 1. The van der Waals surface area contributed by atoms with Gasteiger partial charge in [-0.25, -0.2) is 0 Å². The van der Waals surface area contributed by atoms with E-state index in [4.69, 9.17) is 8.83 Å². The highest BCUT2D eigenvalue weighted by atomic mass is 16.3. The molecule has 5 heteroatoms. The third kappa shape index (κ3) is 3.52. The van der Waals surface area contributed by atoms with Gasteiger partial charge in [0.15, 0.2) is 5.76 Å². The smallest absolute Gasteiger partial charge is 0.244 e. The summed E-state index contributed by atoms with van der Waals surface area (Å²) in [4.78, 5) is 16.0. The molecule has 5 nitrogen and oxygen atoms in total. The van der Waals surface area contributed by atoms with Crippen LogP contribution in [0.15, 0.2) is 70.0 Å². The van der Waals surface area contributed by atoms with Crippen LogP contribution in [0.25, 0.3) is 17.5 Å². The summed E-state index contributed by atoms with van der Waals surface area (Å²) in [6.07, 6.45) is 7.91. The molecule has 22 heavy (non-hydrogen) atoms. The van der Waals surface area contributed by atoms with Crippen LogP contribution in [0.4, 0.5) is 0 Å². The number of carbonyl (C=O) groups excluding carboxylic acids is 1. The Bertz CT molecular complexity index is 759. The van der Waals surface area contributed by atoms with Crippen molar-refractivity contribution in [3.63, 3.8) is 0 Å². The average molecular weight is 294 g/mol. The summed E-state index contributed by atoms with van der Waals surface area (Å²) >= 11 is 0. The van der Waals surface area contributed by atoms with Crippen LogP contribution in [0.3, 0.4) is 0 Å². The largest absolute Gasteiger partial charge is 0.465 e. The molecule has 3 aromatic heterocycles. The van der Waals surface area contributed by atoms with Crippen molar-refractivity contribution in [1.29, 1.82) is 0 Å². The van der Waals surface area contributed by atoms with E-state index in [9.17, 15) is 4.79 Å². The minimum absolute atomic E-state index is 0.187. The molecule has 0 radical (unpaired) electrons. The summed E-state index contributed by atoms with van der Waals surface area (Å²) in [5.74, 6) is 1.15. The van der Waals surface area contributed by atoms with Crippen LogP contribution < -0.4 is 5.32 Å². The van der Waals surface area contributed by atoms with Crippen LogP contribution in [-0.2, 0) is 11.3 Å². The molecule has 0 aliphatic rings. The third-order valence-corrected chi connectivity index (χ3v) is 3.01. The van der Waals surface area contributed by atoms with Gasteiger partial charge in [-0.05, 0) is 48.0 Å². The van der Waals surface area contributed by atoms with Crippen molar-refractivity contribution in [2.75, 3.05) is 0 Å². The normalized spacial score (nSPS) is 10.9. The Morgan fingerprint density at radius 2 is 2.05 bits per heavy atom. The van der Waals surface area contributed by atoms with Gasteiger partial charge in [-0.2, -0.15) is 0 Å². The van der Waals surface area contributed by atoms with Crippen LogP contribution in [0, 0.1) is 0 Å². The lowest BCUT2D eigenvalue weighted by molar-refractivity contribution is -0.116. The monoisotopic (exact) mass is 294 g/mol. The zero-order chi connectivity index (χ0) is 15.2. The van der Waals surface area contributed by atoms with E-state index in [1.807, 2.05) is 24.3 Å². The SMILES string of the molecule is O=C(C=Cc1ccco1)NCc1ccnc(-c2ccco2)c1. The van der Waals surface area contributed by atoms with E-state index < -0.39 is 0 Å². The highest BCUT2D eigenvalue weighted by Gasteiger charge is 2.04. The third-order valence-electron chi connectivity index (χ3n) is 3.01. The molecular formula is C17H14N2O3. The standard InChI is InChI=1S/C17H14N2O3/c20-17(6-5-14-3-1-9-21-14)19-12-13-7-8-18-15(11-13)16-4-2-10-22-16/h1-11H,12H2,(H,19,20). The number of pyridine rings is 1. The van der Waals surface area contributed by atoms with Crippen LogP contribution in [-0.4, -0.2) is 10.9 Å². The Kier molecular flexibility index (Phi) is 4.15.